The maximum atomic E-state index is 12.1. The third-order valence-corrected chi connectivity index (χ3v) is 5.53. The zero-order valence-corrected chi connectivity index (χ0v) is 17.2. The normalized spacial score (nSPS) is 18.7. The summed E-state index contributed by atoms with van der Waals surface area (Å²) in [5.41, 5.74) is 1.15. The van der Waals surface area contributed by atoms with Gasteiger partial charge in [0.15, 0.2) is 5.82 Å². The molecule has 30 heavy (non-hydrogen) atoms. The molecule has 0 unspecified atom stereocenters. The summed E-state index contributed by atoms with van der Waals surface area (Å²) in [6.07, 6.45) is 2.64. The quantitative estimate of drug-likeness (QED) is 0.707. The van der Waals surface area contributed by atoms with Gasteiger partial charge in [0.25, 0.3) is 0 Å². The van der Waals surface area contributed by atoms with Crippen molar-refractivity contribution in [3.63, 3.8) is 0 Å². The van der Waals surface area contributed by atoms with Crippen molar-refractivity contribution < 1.29 is 14.1 Å². The summed E-state index contributed by atoms with van der Waals surface area (Å²) in [5.74, 6) is 1.03. The molecule has 1 saturated carbocycles. The molecule has 2 N–H and O–H groups in total. The lowest BCUT2D eigenvalue weighted by atomic mass is 10.1. The Balaban J connectivity index is 1.21. The fraction of sp³-hybridized carbons (Fsp3) is 0.524. The molecule has 1 aliphatic heterocycles. The Morgan fingerprint density at radius 1 is 1.17 bits per heavy atom. The van der Waals surface area contributed by atoms with Crippen molar-refractivity contribution in [1.29, 1.82) is 0 Å². The fourth-order valence-corrected chi connectivity index (χ4v) is 3.57. The molecule has 1 aromatic carbocycles. The van der Waals surface area contributed by atoms with E-state index in [0.717, 1.165) is 44.6 Å². The molecule has 3 amide bonds. The van der Waals surface area contributed by atoms with Crippen molar-refractivity contribution in [3.8, 4) is 0 Å². The standard InChI is InChI=1S/C21H28N6O3/c1-15(20-23-18(25-30-20)13-16-5-3-2-4-6-16)27-11-9-26(10-12-27)14-19(28)24-21(29)22-17-7-8-17/h2-6,15,17H,7-14H2,1H3,(H2,22,24,28,29)/t15-/m1/s1. The van der Waals surface area contributed by atoms with E-state index < -0.39 is 6.03 Å². The fourth-order valence-electron chi connectivity index (χ4n) is 3.57. The minimum Gasteiger partial charge on any atom is -0.338 e. The van der Waals surface area contributed by atoms with Gasteiger partial charge < -0.3 is 9.84 Å². The summed E-state index contributed by atoms with van der Waals surface area (Å²) in [5, 5.41) is 9.28. The SMILES string of the molecule is C[C@H](c1nc(Cc2ccccc2)no1)N1CCN(CC(=O)NC(=O)NC2CC2)CC1. The summed E-state index contributed by atoms with van der Waals surface area (Å²) in [7, 11) is 0. The summed E-state index contributed by atoms with van der Waals surface area (Å²) in [4.78, 5) is 32.6. The smallest absolute Gasteiger partial charge is 0.321 e. The van der Waals surface area contributed by atoms with Gasteiger partial charge in [0.2, 0.25) is 11.8 Å². The largest absolute Gasteiger partial charge is 0.338 e. The zero-order chi connectivity index (χ0) is 20.9. The molecule has 2 fully saturated rings. The lowest BCUT2D eigenvalue weighted by molar-refractivity contribution is -0.121. The number of benzene rings is 1. The number of aromatic nitrogens is 2. The maximum absolute atomic E-state index is 12.1. The number of hydrogen-bond acceptors (Lipinski definition) is 7. The molecule has 1 aliphatic carbocycles. The molecule has 1 saturated heterocycles. The summed E-state index contributed by atoms with van der Waals surface area (Å²) in [6.45, 7) is 5.35. The lowest BCUT2D eigenvalue weighted by Crippen LogP contribution is -2.51. The Morgan fingerprint density at radius 3 is 2.60 bits per heavy atom. The number of imide groups is 1. The van der Waals surface area contributed by atoms with Gasteiger partial charge in [0, 0.05) is 38.6 Å². The summed E-state index contributed by atoms with van der Waals surface area (Å²) in [6, 6.07) is 9.94. The van der Waals surface area contributed by atoms with E-state index in [2.05, 4.69) is 37.5 Å². The topological polar surface area (TPSA) is 104 Å². The molecule has 0 bridgehead atoms. The van der Waals surface area contributed by atoms with Crippen LogP contribution in [-0.2, 0) is 11.2 Å². The second-order valence-corrected chi connectivity index (χ2v) is 8.00. The van der Waals surface area contributed by atoms with Gasteiger partial charge in [0.05, 0.1) is 12.6 Å². The molecule has 9 heteroatoms. The average molecular weight is 412 g/mol. The van der Waals surface area contributed by atoms with E-state index in [-0.39, 0.29) is 24.5 Å². The van der Waals surface area contributed by atoms with Crippen LogP contribution in [0, 0.1) is 0 Å². The minimum absolute atomic E-state index is 0.0160. The van der Waals surface area contributed by atoms with Gasteiger partial charge in [-0.25, -0.2) is 4.79 Å². The molecule has 0 radical (unpaired) electrons. The predicted molar refractivity (Wildman–Crippen MR) is 110 cm³/mol. The van der Waals surface area contributed by atoms with Crippen LogP contribution in [0.3, 0.4) is 0 Å². The van der Waals surface area contributed by atoms with Gasteiger partial charge in [-0.3, -0.25) is 19.9 Å². The van der Waals surface area contributed by atoms with Crippen molar-refractivity contribution in [2.75, 3.05) is 32.7 Å². The molecule has 2 aromatic rings. The zero-order valence-electron chi connectivity index (χ0n) is 17.2. The lowest BCUT2D eigenvalue weighted by Gasteiger charge is -2.36. The third kappa shape index (κ3) is 5.64. The van der Waals surface area contributed by atoms with Gasteiger partial charge in [-0.15, -0.1) is 0 Å². The van der Waals surface area contributed by atoms with Crippen LogP contribution in [0.1, 0.15) is 43.1 Å². The Kier molecular flexibility index (Phi) is 6.39. The minimum atomic E-state index is -0.391. The molecular weight excluding hydrogens is 384 g/mol. The van der Waals surface area contributed by atoms with E-state index >= 15 is 0 Å². The monoisotopic (exact) mass is 412 g/mol. The highest BCUT2D eigenvalue weighted by molar-refractivity contribution is 5.95. The summed E-state index contributed by atoms with van der Waals surface area (Å²) >= 11 is 0. The molecule has 0 spiro atoms. The van der Waals surface area contributed by atoms with Crippen LogP contribution < -0.4 is 10.6 Å². The average Bonchev–Trinajstić information content (AvgIpc) is 3.43. The highest BCUT2D eigenvalue weighted by Crippen LogP contribution is 2.21. The van der Waals surface area contributed by atoms with E-state index in [0.29, 0.717) is 18.1 Å². The summed E-state index contributed by atoms with van der Waals surface area (Å²) < 4.78 is 5.50. The Labute approximate surface area is 175 Å². The number of rotatable bonds is 7. The highest BCUT2D eigenvalue weighted by atomic mass is 16.5. The first kappa shape index (κ1) is 20.5. The Hall–Kier alpha value is -2.78. The van der Waals surface area contributed by atoms with E-state index in [1.54, 1.807) is 0 Å². The van der Waals surface area contributed by atoms with Crippen molar-refractivity contribution in [2.45, 2.75) is 38.3 Å². The van der Waals surface area contributed by atoms with E-state index in [1.165, 1.54) is 0 Å². The van der Waals surface area contributed by atoms with Crippen LogP contribution in [0.15, 0.2) is 34.9 Å². The number of amides is 3. The van der Waals surface area contributed by atoms with Crippen LogP contribution >= 0.6 is 0 Å². The predicted octanol–water partition coefficient (Wildman–Crippen LogP) is 1.33. The van der Waals surface area contributed by atoms with Gasteiger partial charge >= 0.3 is 6.03 Å². The van der Waals surface area contributed by atoms with Crippen molar-refractivity contribution in [2.24, 2.45) is 0 Å². The van der Waals surface area contributed by atoms with Gasteiger partial charge in [0.1, 0.15) is 0 Å². The number of hydrogen-bond donors (Lipinski definition) is 2. The first-order valence-corrected chi connectivity index (χ1v) is 10.5. The molecule has 9 nitrogen and oxygen atoms in total. The van der Waals surface area contributed by atoms with Crippen molar-refractivity contribution >= 4 is 11.9 Å². The maximum Gasteiger partial charge on any atom is 0.321 e. The van der Waals surface area contributed by atoms with Crippen LogP contribution in [0.2, 0.25) is 0 Å². The van der Waals surface area contributed by atoms with Crippen LogP contribution in [-0.4, -0.2) is 70.6 Å². The molecule has 1 atom stereocenters. The number of urea groups is 1. The second kappa shape index (κ2) is 9.36. The van der Waals surface area contributed by atoms with Gasteiger partial charge in [-0.1, -0.05) is 35.5 Å². The second-order valence-electron chi connectivity index (χ2n) is 8.00. The molecule has 1 aromatic heterocycles. The highest BCUT2D eigenvalue weighted by Gasteiger charge is 2.27. The van der Waals surface area contributed by atoms with E-state index in [4.69, 9.17) is 4.52 Å². The van der Waals surface area contributed by atoms with Crippen LogP contribution in [0.5, 0.6) is 0 Å². The number of carbonyl (C=O) groups excluding carboxylic acids is 2. The molecule has 2 heterocycles. The van der Waals surface area contributed by atoms with E-state index in [1.807, 2.05) is 30.3 Å². The van der Waals surface area contributed by atoms with Gasteiger partial charge in [-0.05, 0) is 25.3 Å². The number of nitrogens with zero attached hydrogens (tertiary/aromatic N) is 4. The molecule has 160 valence electrons. The van der Waals surface area contributed by atoms with Crippen LogP contribution in [0.25, 0.3) is 0 Å². The number of carbonyl (C=O) groups is 2. The Bertz CT molecular complexity index is 859. The van der Waals surface area contributed by atoms with Crippen molar-refractivity contribution in [1.82, 2.24) is 30.6 Å². The van der Waals surface area contributed by atoms with Crippen molar-refractivity contribution in [3.05, 3.63) is 47.6 Å². The molecule has 4 rings (SSSR count). The van der Waals surface area contributed by atoms with E-state index in [9.17, 15) is 9.59 Å². The molecular formula is C21H28N6O3. The first-order chi connectivity index (χ1) is 14.6. The van der Waals surface area contributed by atoms with Crippen LogP contribution in [0.4, 0.5) is 4.79 Å². The van der Waals surface area contributed by atoms with Gasteiger partial charge in [-0.2, -0.15) is 4.98 Å². The third-order valence-electron chi connectivity index (χ3n) is 5.53. The molecule has 2 aliphatic rings. The first-order valence-electron chi connectivity index (χ1n) is 10.5. The Morgan fingerprint density at radius 2 is 1.90 bits per heavy atom. The number of piperazine rings is 1. The number of nitrogens with one attached hydrogen (secondary N) is 2.